The predicted molar refractivity (Wildman–Crippen MR) is 8.23 cm³/mol. The summed E-state index contributed by atoms with van der Waals surface area (Å²) in [6, 6.07) is 0. The molecule has 0 saturated heterocycles. The van der Waals surface area contributed by atoms with Gasteiger partial charge in [0.2, 0.25) is 0 Å². The Bertz CT molecular complexity index is 20.9. The van der Waals surface area contributed by atoms with Gasteiger partial charge in [-0.25, -0.2) is 0 Å². The predicted octanol–water partition coefficient (Wildman–Crippen LogP) is -6.09. The molecule has 0 bridgehead atoms. The molecule has 3 nitrogen and oxygen atoms in total. The van der Waals surface area contributed by atoms with Gasteiger partial charge in [0.05, 0.1) is 0 Å². The zero-order chi connectivity index (χ0) is 4.28. The number of rotatable bonds is 1. The van der Waals surface area contributed by atoms with Crippen LogP contribution in [0.1, 0.15) is 0 Å². The van der Waals surface area contributed by atoms with Gasteiger partial charge in [-0.1, -0.05) is 0 Å². The SMILES string of the molecule is [O-][I+2]([O-])[O][CaH]. The number of hydrogen-bond acceptors (Lipinski definition) is 3. The first-order valence-corrected chi connectivity index (χ1v) is 4.79. The van der Waals surface area contributed by atoms with E-state index in [2.05, 4.69) is -0.226 Å². The normalized spacial score (nSPS) is 9.20. The molecule has 0 unspecified atom stereocenters. The van der Waals surface area contributed by atoms with Crippen molar-refractivity contribution in [1.82, 2.24) is 0 Å². The Morgan fingerprint density at radius 3 is 1.80 bits per heavy atom. The van der Waals surface area contributed by atoms with E-state index >= 15 is 0 Å². The van der Waals surface area contributed by atoms with Crippen molar-refractivity contribution in [1.29, 1.82) is 0 Å². The summed E-state index contributed by atoms with van der Waals surface area (Å²) in [7, 11) is 0. The molecule has 5 heteroatoms. The maximum absolute atomic E-state index is 9.32. The van der Waals surface area contributed by atoms with E-state index in [1.54, 1.807) is 0 Å². The molecule has 0 aromatic heterocycles. The van der Waals surface area contributed by atoms with E-state index in [1.807, 2.05) is 0 Å². The maximum atomic E-state index is 9.32. The van der Waals surface area contributed by atoms with Crippen LogP contribution in [0.4, 0.5) is 0 Å². The summed E-state index contributed by atoms with van der Waals surface area (Å²) >= 11 is -3.17. The van der Waals surface area contributed by atoms with Crippen LogP contribution in [0.5, 0.6) is 0 Å². The van der Waals surface area contributed by atoms with Crippen molar-refractivity contribution in [2.24, 2.45) is 0 Å². The molecule has 0 aliphatic heterocycles. The third-order valence-corrected chi connectivity index (χ3v) is 3.48. The minimum absolute atomic E-state index is 0.0291. The fourth-order valence-electron chi connectivity index (χ4n) is 0. The summed E-state index contributed by atoms with van der Waals surface area (Å²) in [6.45, 7) is 0. The van der Waals surface area contributed by atoms with Crippen molar-refractivity contribution >= 4 is 36.3 Å². The fraction of sp³-hybridized carbons (Fsp3) is 0. The van der Waals surface area contributed by atoms with Gasteiger partial charge in [0.15, 0.2) is 0 Å². The van der Waals surface area contributed by atoms with Crippen LogP contribution in [0, 0.1) is 0 Å². The van der Waals surface area contributed by atoms with Crippen molar-refractivity contribution in [2.75, 3.05) is 0 Å². The van der Waals surface area contributed by atoms with Crippen LogP contribution in [0.25, 0.3) is 0 Å². The van der Waals surface area contributed by atoms with Gasteiger partial charge in [-0.05, 0) is 0 Å². The Morgan fingerprint density at radius 1 is 1.60 bits per heavy atom. The van der Waals surface area contributed by atoms with E-state index in [1.165, 1.54) is 0 Å². The molecular weight excluding hydrogens is 215 g/mol. The minimum atomic E-state index is -3.20. The second-order valence-electron chi connectivity index (χ2n) is 0.343. The Hall–Kier alpha value is 1.87. The molecule has 0 aliphatic rings. The summed E-state index contributed by atoms with van der Waals surface area (Å²) in [5.41, 5.74) is 0. The van der Waals surface area contributed by atoms with Crippen molar-refractivity contribution in [3.8, 4) is 0 Å². The molecule has 0 aromatic carbocycles. The third kappa shape index (κ3) is 5.87. The molecular formula is HCaIO3. The van der Waals surface area contributed by atoms with Crippen LogP contribution in [-0.2, 0) is -0.226 Å². The summed E-state index contributed by atoms with van der Waals surface area (Å²) < 4.78 is 22.6. The molecule has 0 aliphatic carbocycles. The molecule has 0 amide bonds. The van der Waals surface area contributed by atoms with Gasteiger partial charge in [-0.2, -0.15) is 0 Å². The first-order chi connectivity index (χ1) is 2.27. The van der Waals surface area contributed by atoms with E-state index in [4.69, 9.17) is 0 Å². The quantitative estimate of drug-likeness (QED) is 0.324. The first-order valence-electron chi connectivity index (χ1n) is 0.871. The Kier molecular flexibility index (Phi) is 5.55. The molecule has 5 heavy (non-hydrogen) atoms. The number of hydrogen-bond donors (Lipinski definition) is 0. The van der Waals surface area contributed by atoms with Gasteiger partial charge in [0, 0.05) is 0 Å². The molecule has 0 aromatic rings. The van der Waals surface area contributed by atoms with E-state index < -0.39 is 21.1 Å². The average molecular weight is 216 g/mol. The standard InChI is InChI=1S/Ca.IO3.H/c;2-1(3)4;/q+1;-1;. The van der Waals surface area contributed by atoms with Gasteiger partial charge < -0.3 is 0 Å². The molecule has 28 valence electrons. The monoisotopic (exact) mass is 216 g/mol. The Labute approximate surface area is 63.0 Å². The van der Waals surface area contributed by atoms with Crippen LogP contribution in [0.15, 0.2) is 0 Å². The van der Waals surface area contributed by atoms with E-state index in [0.717, 1.165) is 0 Å². The summed E-state index contributed by atoms with van der Waals surface area (Å²) in [6.07, 6.45) is 0. The van der Waals surface area contributed by atoms with Gasteiger partial charge >= 0.3 is 64.1 Å². The van der Waals surface area contributed by atoms with Gasteiger partial charge in [0.25, 0.3) is 0 Å². The number of halogens is 1. The summed E-state index contributed by atoms with van der Waals surface area (Å²) in [4.78, 5) is 0. The van der Waals surface area contributed by atoms with Crippen LogP contribution < -0.4 is 27.9 Å². The van der Waals surface area contributed by atoms with Gasteiger partial charge in [-0.3, -0.25) is 0 Å². The second-order valence-corrected chi connectivity index (χ2v) is 5.54. The molecule has 0 spiro atoms. The molecule has 0 heterocycles. The van der Waals surface area contributed by atoms with E-state index in [0.29, 0.717) is 0 Å². The molecule has 0 rings (SSSR count). The zero-order valence-electron chi connectivity index (χ0n) is 2.60. The summed E-state index contributed by atoms with van der Waals surface area (Å²) in [5.74, 6) is 0. The molecule has 0 fully saturated rings. The molecule has 0 atom stereocenters. The third-order valence-electron chi connectivity index (χ3n) is 0.126. The fourth-order valence-corrected chi connectivity index (χ4v) is 0. The Balaban J connectivity index is 2.54. The topological polar surface area (TPSA) is 55.3 Å². The second kappa shape index (κ2) is 4.04. The van der Waals surface area contributed by atoms with Gasteiger partial charge in [0.1, 0.15) is 0 Å². The zero-order valence-corrected chi connectivity index (χ0v) is 7.88. The van der Waals surface area contributed by atoms with Crippen molar-refractivity contribution in [2.45, 2.75) is 0 Å². The first kappa shape index (κ1) is 6.87. The molecule has 0 saturated carbocycles. The van der Waals surface area contributed by atoms with E-state index in [9.17, 15) is 6.87 Å². The van der Waals surface area contributed by atoms with Crippen LogP contribution in [0.3, 0.4) is 0 Å². The van der Waals surface area contributed by atoms with Crippen LogP contribution in [-0.4, -0.2) is 36.3 Å². The molecule has 0 N–H and O–H groups in total. The average Bonchev–Trinajstić information content (AvgIpc) is 1.38. The van der Waals surface area contributed by atoms with Crippen LogP contribution in [0.2, 0.25) is 0 Å². The van der Waals surface area contributed by atoms with Gasteiger partial charge in [-0.15, -0.1) is 0 Å². The Morgan fingerprint density at radius 2 is 1.80 bits per heavy atom. The van der Waals surface area contributed by atoms with Crippen molar-refractivity contribution < 1.29 is 27.7 Å². The summed E-state index contributed by atoms with van der Waals surface area (Å²) in [5, 5.41) is 0. The van der Waals surface area contributed by atoms with Crippen LogP contribution >= 0.6 is 0 Å². The molecule has 0 radical (unpaired) electrons. The van der Waals surface area contributed by atoms with E-state index in [-0.39, 0.29) is 36.3 Å². The van der Waals surface area contributed by atoms with Crippen molar-refractivity contribution in [3.63, 3.8) is 0 Å². The van der Waals surface area contributed by atoms with Crippen molar-refractivity contribution in [3.05, 3.63) is 0 Å².